The SMILES string of the molecule is C=S(=O)(c1ccc(F)cc1)N1[C@H](C(=O)NCc2cc(-c3cnc(C(F)(F)F)nc3)ncc2OC(F)F)C[C@@H](F)C12CC2. The molecule has 2 aliphatic rings. The summed E-state index contributed by atoms with van der Waals surface area (Å²) >= 11 is 0. The number of hydrogen-bond donors (Lipinski definition) is 1. The lowest BCUT2D eigenvalue weighted by Gasteiger charge is -2.32. The molecule has 5 rings (SSSR count). The van der Waals surface area contributed by atoms with Gasteiger partial charge >= 0.3 is 12.8 Å². The van der Waals surface area contributed by atoms with E-state index in [0.29, 0.717) is 12.8 Å². The Morgan fingerprint density at radius 1 is 1.14 bits per heavy atom. The molecule has 1 N–H and O–H groups in total. The predicted molar refractivity (Wildman–Crippen MR) is 136 cm³/mol. The number of carbonyl (C=O) groups is 1. The van der Waals surface area contributed by atoms with Crippen molar-refractivity contribution in [3.63, 3.8) is 0 Å². The molecule has 42 heavy (non-hydrogen) atoms. The Morgan fingerprint density at radius 2 is 1.79 bits per heavy atom. The summed E-state index contributed by atoms with van der Waals surface area (Å²) < 4.78 is 113. The lowest BCUT2D eigenvalue weighted by atomic mass is 10.1. The molecule has 1 aromatic carbocycles. The summed E-state index contributed by atoms with van der Waals surface area (Å²) in [6.07, 6.45) is -3.37. The molecule has 3 aromatic rings. The number of pyridine rings is 1. The molecule has 2 aromatic heterocycles. The normalized spacial score (nSPS) is 21.3. The number of nitrogens with zero attached hydrogens (tertiary/aromatic N) is 4. The van der Waals surface area contributed by atoms with E-state index in [9.17, 15) is 35.3 Å². The molecule has 1 saturated carbocycles. The summed E-state index contributed by atoms with van der Waals surface area (Å²) in [5, 5.41) is 2.52. The number of halogens is 7. The molecular formula is C26H22F7N5O3S. The third-order valence-electron chi connectivity index (χ3n) is 7.12. The molecule has 1 amide bonds. The summed E-state index contributed by atoms with van der Waals surface area (Å²) in [5.41, 5.74) is -1.21. The van der Waals surface area contributed by atoms with E-state index in [1.54, 1.807) is 0 Å². The van der Waals surface area contributed by atoms with E-state index < -0.39 is 70.1 Å². The molecule has 1 unspecified atom stereocenters. The second-order valence-electron chi connectivity index (χ2n) is 9.81. The minimum absolute atomic E-state index is 0.00470. The summed E-state index contributed by atoms with van der Waals surface area (Å²) in [6, 6.07) is 4.58. The van der Waals surface area contributed by atoms with Crippen molar-refractivity contribution in [3.8, 4) is 17.0 Å². The van der Waals surface area contributed by atoms with Crippen LogP contribution in [0.1, 0.15) is 30.7 Å². The summed E-state index contributed by atoms with van der Waals surface area (Å²) in [5.74, 6) is 0.591. The first-order chi connectivity index (χ1) is 19.7. The summed E-state index contributed by atoms with van der Waals surface area (Å²) in [6.45, 7) is -3.71. The Labute approximate surface area is 235 Å². The third kappa shape index (κ3) is 5.64. The molecule has 8 nitrogen and oxygen atoms in total. The largest absolute Gasteiger partial charge is 0.451 e. The lowest BCUT2D eigenvalue weighted by molar-refractivity contribution is -0.145. The number of carbonyl (C=O) groups excluding carboxylic acids is 1. The molecule has 3 atom stereocenters. The fraction of sp³-hybridized carbons (Fsp3) is 0.346. The molecule has 1 aliphatic carbocycles. The second-order valence-corrected chi connectivity index (χ2v) is 12.0. The Kier molecular flexibility index (Phi) is 7.64. The van der Waals surface area contributed by atoms with Crippen molar-refractivity contribution in [2.24, 2.45) is 0 Å². The second kappa shape index (κ2) is 10.8. The Morgan fingerprint density at radius 3 is 2.36 bits per heavy atom. The van der Waals surface area contributed by atoms with Gasteiger partial charge in [-0.05, 0) is 49.0 Å². The van der Waals surface area contributed by atoms with Gasteiger partial charge in [0, 0.05) is 41.4 Å². The van der Waals surface area contributed by atoms with Crippen LogP contribution in [0, 0.1) is 5.82 Å². The van der Waals surface area contributed by atoms with Gasteiger partial charge in [-0.25, -0.2) is 27.3 Å². The average Bonchev–Trinajstić information content (AvgIpc) is 3.66. The molecule has 1 aliphatic heterocycles. The smallest absolute Gasteiger partial charge is 0.433 e. The fourth-order valence-electron chi connectivity index (χ4n) is 4.98. The van der Waals surface area contributed by atoms with Crippen molar-refractivity contribution in [1.29, 1.82) is 0 Å². The first kappa shape index (κ1) is 29.7. The topological polar surface area (TPSA) is 97.3 Å². The Hall–Kier alpha value is -3.79. The molecule has 2 fully saturated rings. The van der Waals surface area contributed by atoms with Gasteiger partial charge in [-0.15, -0.1) is 0 Å². The molecule has 1 spiro atoms. The van der Waals surface area contributed by atoms with E-state index >= 15 is 4.39 Å². The van der Waals surface area contributed by atoms with Crippen LogP contribution in [0.3, 0.4) is 0 Å². The highest BCUT2D eigenvalue weighted by molar-refractivity contribution is 7.98. The van der Waals surface area contributed by atoms with Crippen LogP contribution in [0.15, 0.2) is 53.8 Å². The monoisotopic (exact) mass is 617 g/mol. The third-order valence-corrected chi connectivity index (χ3v) is 9.38. The highest BCUT2D eigenvalue weighted by atomic mass is 32.2. The van der Waals surface area contributed by atoms with Gasteiger partial charge in [0.1, 0.15) is 23.8 Å². The maximum atomic E-state index is 15.2. The van der Waals surface area contributed by atoms with Crippen molar-refractivity contribution >= 4 is 21.5 Å². The maximum Gasteiger partial charge on any atom is 0.451 e. The van der Waals surface area contributed by atoms with Crippen LogP contribution in [-0.2, 0) is 27.2 Å². The van der Waals surface area contributed by atoms with Gasteiger partial charge in [-0.2, -0.15) is 22.0 Å². The van der Waals surface area contributed by atoms with Crippen LogP contribution < -0.4 is 10.1 Å². The van der Waals surface area contributed by atoms with Gasteiger partial charge in [0.05, 0.1) is 27.1 Å². The number of nitrogens with one attached hydrogen (secondary N) is 1. The zero-order valence-corrected chi connectivity index (χ0v) is 22.3. The highest BCUT2D eigenvalue weighted by Crippen LogP contribution is 2.55. The van der Waals surface area contributed by atoms with E-state index in [2.05, 4.69) is 30.9 Å². The standard InChI is InChI=1S/C26H22F7N5O3S/c1-42(40,17-4-2-16(27)3-5-17)38-19(9-21(28)25(38)6-7-25)22(39)35-10-14-8-18(34-13-20(14)41-24(29)30)15-11-36-23(37-12-15)26(31,32)33/h2-5,8,11-13,19,21,24H,1,6-7,9-10H2,(H,35,39)/t19-,21+,42?/m0/s1. The summed E-state index contributed by atoms with van der Waals surface area (Å²) in [7, 11) is -3.45. The Balaban J connectivity index is 1.40. The van der Waals surface area contributed by atoms with Gasteiger partial charge in [-0.1, -0.05) is 0 Å². The van der Waals surface area contributed by atoms with E-state index in [1.807, 2.05) is 0 Å². The zero-order chi connectivity index (χ0) is 30.4. The van der Waals surface area contributed by atoms with Crippen molar-refractivity contribution in [1.82, 2.24) is 24.6 Å². The van der Waals surface area contributed by atoms with Gasteiger partial charge in [0.2, 0.25) is 11.7 Å². The number of hydrogen-bond acceptors (Lipinski definition) is 6. The number of alkyl halides is 6. The van der Waals surface area contributed by atoms with Gasteiger partial charge in [0.15, 0.2) is 0 Å². The van der Waals surface area contributed by atoms with E-state index in [0.717, 1.165) is 30.7 Å². The quantitative estimate of drug-likeness (QED) is 0.295. The molecule has 1 saturated heterocycles. The molecule has 224 valence electrons. The van der Waals surface area contributed by atoms with Crippen molar-refractivity contribution in [3.05, 3.63) is 66.1 Å². The van der Waals surface area contributed by atoms with Crippen LogP contribution in [0.4, 0.5) is 30.7 Å². The Bertz CT molecular complexity index is 1580. The minimum atomic E-state index is -4.78. The van der Waals surface area contributed by atoms with Crippen molar-refractivity contribution in [2.45, 2.75) is 61.2 Å². The fourth-order valence-corrected chi connectivity index (χ4v) is 7.25. The lowest BCUT2D eigenvalue weighted by Crippen LogP contribution is -2.50. The molecule has 0 radical (unpaired) electrons. The van der Waals surface area contributed by atoms with Gasteiger partial charge in [0.25, 0.3) is 0 Å². The minimum Gasteiger partial charge on any atom is -0.433 e. The molecular weight excluding hydrogens is 595 g/mol. The number of ether oxygens (including phenoxy) is 1. The van der Waals surface area contributed by atoms with E-state index in [1.165, 1.54) is 22.5 Å². The first-order valence-corrected chi connectivity index (χ1v) is 14.1. The average molecular weight is 618 g/mol. The number of rotatable bonds is 8. The van der Waals surface area contributed by atoms with Crippen molar-refractivity contribution in [2.75, 3.05) is 0 Å². The maximum absolute atomic E-state index is 15.2. The number of benzene rings is 1. The van der Waals surface area contributed by atoms with Crippen LogP contribution in [0.2, 0.25) is 0 Å². The van der Waals surface area contributed by atoms with Gasteiger partial charge < -0.3 is 10.1 Å². The molecule has 0 bridgehead atoms. The first-order valence-electron chi connectivity index (χ1n) is 12.4. The highest BCUT2D eigenvalue weighted by Gasteiger charge is 2.65. The zero-order valence-electron chi connectivity index (χ0n) is 21.5. The van der Waals surface area contributed by atoms with E-state index in [4.69, 9.17) is 0 Å². The summed E-state index contributed by atoms with van der Waals surface area (Å²) in [4.78, 5) is 23.9. The predicted octanol–water partition coefficient (Wildman–Crippen LogP) is 4.55. The molecule has 3 heterocycles. The van der Waals surface area contributed by atoms with Gasteiger partial charge in [-0.3, -0.25) is 9.78 Å². The number of amides is 1. The van der Waals surface area contributed by atoms with Crippen LogP contribution in [0.25, 0.3) is 11.3 Å². The number of aromatic nitrogens is 3. The molecule has 16 heteroatoms. The van der Waals surface area contributed by atoms with Crippen LogP contribution >= 0.6 is 0 Å². The van der Waals surface area contributed by atoms with Crippen molar-refractivity contribution < 1.29 is 44.5 Å². The van der Waals surface area contributed by atoms with E-state index in [-0.39, 0.29) is 28.1 Å². The van der Waals surface area contributed by atoms with Crippen LogP contribution in [-0.4, -0.2) is 59.6 Å². The van der Waals surface area contributed by atoms with Crippen LogP contribution in [0.5, 0.6) is 5.75 Å².